The summed E-state index contributed by atoms with van der Waals surface area (Å²) in [7, 11) is 1.35. The van der Waals surface area contributed by atoms with Gasteiger partial charge in [-0.2, -0.15) is 10.1 Å². The molecule has 0 saturated carbocycles. The highest BCUT2D eigenvalue weighted by atomic mass is 16.5. The Morgan fingerprint density at radius 2 is 2.00 bits per heavy atom. The van der Waals surface area contributed by atoms with E-state index in [0.717, 1.165) is 11.3 Å². The van der Waals surface area contributed by atoms with E-state index in [1.54, 1.807) is 24.4 Å². The van der Waals surface area contributed by atoms with E-state index in [2.05, 4.69) is 26.6 Å². The number of rotatable bonds is 6. The van der Waals surface area contributed by atoms with Gasteiger partial charge < -0.3 is 15.0 Å². The lowest BCUT2D eigenvalue weighted by Crippen LogP contribution is -2.19. The lowest BCUT2D eigenvalue weighted by molar-refractivity contribution is 0.0601. The lowest BCUT2D eigenvalue weighted by Gasteiger charge is -2.21. The average Bonchev–Trinajstić information content (AvgIpc) is 2.68. The fourth-order valence-corrected chi connectivity index (χ4v) is 2.69. The molecular weight excluding hydrogens is 342 g/mol. The highest BCUT2D eigenvalue weighted by Gasteiger charge is 2.12. The van der Waals surface area contributed by atoms with Gasteiger partial charge in [-0.3, -0.25) is 0 Å². The molecule has 1 N–H and O–H groups in total. The van der Waals surface area contributed by atoms with Crippen LogP contribution in [0.5, 0.6) is 0 Å². The second-order valence-corrected chi connectivity index (χ2v) is 5.92. The Morgan fingerprint density at radius 3 is 2.74 bits per heavy atom. The van der Waals surface area contributed by atoms with Gasteiger partial charge in [0.2, 0.25) is 0 Å². The molecule has 0 radical (unpaired) electrons. The third-order valence-corrected chi connectivity index (χ3v) is 3.97. The van der Waals surface area contributed by atoms with Gasteiger partial charge in [0.25, 0.3) is 5.95 Å². The Hall–Kier alpha value is -3.48. The molecule has 0 spiro atoms. The van der Waals surface area contributed by atoms with Crippen LogP contribution in [0.2, 0.25) is 0 Å². The molecule has 0 saturated heterocycles. The molecule has 7 heteroatoms. The lowest BCUT2D eigenvalue weighted by atomic mass is 10.2. The van der Waals surface area contributed by atoms with Crippen molar-refractivity contribution in [2.75, 3.05) is 23.9 Å². The quantitative estimate of drug-likeness (QED) is 0.666. The molecule has 27 heavy (non-hydrogen) atoms. The largest absolute Gasteiger partial charge is 0.465 e. The zero-order chi connectivity index (χ0) is 19.2. The number of aryl methyl sites for hydroxylation is 1. The SMILES string of the molecule is CCN(c1cccc(C)c1)c1nncc(Nc2cccc(C(=O)OC)c2)n1. The molecule has 138 valence electrons. The van der Waals surface area contributed by atoms with Gasteiger partial charge in [0.05, 0.1) is 18.9 Å². The molecule has 0 bridgehead atoms. The monoisotopic (exact) mass is 363 g/mol. The Morgan fingerprint density at radius 1 is 1.19 bits per heavy atom. The first kappa shape index (κ1) is 18.3. The summed E-state index contributed by atoms with van der Waals surface area (Å²) in [6.07, 6.45) is 1.54. The molecule has 0 atom stereocenters. The van der Waals surface area contributed by atoms with Crippen LogP contribution in [0, 0.1) is 6.92 Å². The van der Waals surface area contributed by atoms with Crippen molar-refractivity contribution >= 4 is 29.1 Å². The first-order valence-corrected chi connectivity index (χ1v) is 8.60. The fraction of sp³-hybridized carbons (Fsp3) is 0.200. The predicted molar refractivity (Wildman–Crippen MR) is 105 cm³/mol. The number of aromatic nitrogens is 3. The molecular formula is C20H21N5O2. The Labute approximate surface area is 158 Å². The standard InChI is InChI=1S/C20H21N5O2/c1-4-25(17-10-5-7-14(2)11-17)20-23-18(13-21-24-20)22-16-9-6-8-15(12-16)19(26)27-3/h5-13H,4H2,1-3H3,(H,22,23,24). The van der Waals surface area contributed by atoms with Crippen LogP contribution in [-0.4, -0.2) is 34.8 Å². The number of hydrogen-bond acceptors (Lipinski definition) is 7. The maximum absolute atomic E-state index is 11.7. The molecule has 0 amide bonds. The van der Waals surface area contributed by atoms with Crippen molar-refractivity contribution in [1.29, 1.82) is 0 Å². The number of benzene rings is 2. The molecule has 7 nitrogen and oxygen atoms in total. The molecule has 1 aromatic heterocycles. The maximum atomic E-state index is 11.7. The van der Waals surface area contributed by atoms with E-state index in [0.29, 0.717) is 29.6 Å². The van der Waals surface area contributed by atoms with E-state index in [-0.39, 0.29) is 0 Å². The van der Waals surface area contributed by atoms with Crippen molar-refractivity contribution in [2.24, 2.45) is 0 Å². The van der Waals surface area contributed by atoms with Crippen LogP contribution >= 0.6 is 0 Å². The number of nitrogens with one attached hydrogen (secondary N) is 1. The number of anilines is 4. The van der Waals surface area contributed by atoms with E-state index in [1.165, 1.54) is 7.11 Å². The molecule has 1 heterocycles. The van der Waals surface area contributed by atoms with Crippen molar-refractivity contribution in [3.8, 4) is 0 Å². The van der Waals surface area contributed by atoms with Gasteiger partial charge in [0.1, 0.15) is 0 Å². The van der Waals surface area contributed by atoms with Crippen LogP contribution in [0.1, 0.15) is 22.8 Å². The number of carbonyl (C=O) groups excluding carboxylic acids is 1. The molecule has 0 aliphatic heterocycles. The molecule has 0 aliphatic rings. The number of esters is 1. The summed E-state index contributed by atoms with van der Waals surface area (Å²) in [5.41, 5.74) is 3.33. The summed E-state index contributed by atoms with van der Waals surface area (Å²) < 4.78 is 4.75. The second kappa shape index (κ2) is 8.27. The van der Waals surface area contributed by atoms with Crippen LogP contribution in [-0.2, 0) is 4.74 Å². The Kier molecular flexibility index (Phi) is 5.61. The van der Waals surface area contributed by atoms with Gasteiger partial charge in [-0.1, -0.05) is 18.2 Å². The predicted octanol–water partition coefficient (Wildman–Crippen LogP) is 3.87. The normalized spacial score (nSPS) is 10.3. The van der Waals surface area contributed by atoms with Gasteiger partial charge in [-0.25, -0.2) is 4.79 Å². The van der Waals surface area contributed by atoms with Crippen LogP contribution in [0.4, 0.5) is 23.1 Å². The highest BCUT2D eigenvalue weighted by Crippen LogP contribution is 2.24. The summed E-state index contributed by atoms with van der Waals surface area (Å²) in [4.78, 5) is 18.2. The van der Waals surface area contributed by atoms with Crippen LogP contribution in [0.25, 0.3) is 0 Å². The zero-order valence-electron chi connectivity index (χ0n) is 15.5. The van der Waals surface area contributed by atoms with Crippen molar-refractivity contribution < 1.29 is 9.53 Å². The molecule has 0 unspecified atom stereocenters. The third-order valence-electron chi connectivity index (χ3n) is 3.97. The Bertz CT molecular complexity index is 945. The Balaban J connectivity index is 1.86. The maximum Gasteiger partial charge on any atom is 0.337 e. The topological polar surface area (TPSA) is 80.2 Å². The number of hydrogen-bond donors (Lipinski definition) is 1. The molecule has 3 aromatic rings. The molecule has 2 aromatic carbocycles. The molecule has 3 rings (SSSR count). The number of ether oxygens (including phenoxy) is 1. The van der Waals surface area contributed by atoms with E-state index >= 15 is 0 Å². The minimum absolute atomic E-state index is 0.392. The second-order valence-electron chi connectivity index (χ2n) is 5.92. The summed E-state index contributed by atoms with van der Waals surface area (Å²) >= 11 is 0. The number of carbonyl (C=O) groups is 1. The van der Waals surface area contributed by atoms with E-state index in [1.807, 2.05) is 43.0 Å². The van der Waals surface area contributed by atoms with Crippen molar-refractivity contribution in [3.63, 3.8) is 0 Å². The van der Waals surface area contributed by atoms with Crippen LogP contribution in [0.3, 0.4) is 0 Å². The summed E-state index contributed by atoms with van der Waals surface area (Å²) in [5, 5.41) is 11.4. The summed E-state index contributed by atoms with van der Waals surface area (Å²) in [6, 6.07) is 15.1. The van der Waals surface area contributed by atoms with E-state index < -0.39 is 5.97 Å². The van der Waals surface area contributed by atoms with Crippen molar-refractivity contribution in [3.05, 3.63) is 65.9 Å². The van der Waals surface area contributed by atoms with Gasteiger partial charge in [0, 0.05) is 17.9 Å². The molecule has 0 aliphatic carbocycles. The van der Waals surface area contributed by atoms with Gasteiger partial charge in [-0.15, -0.1) is 5.10 Å². The minimum atomic E-state index is -0.392. The highest BCUT2D eigenvalue weighted by molar-refractivity contribution is 5.90. The average molecular weight is 363 g/mol. The van der Waals surface area contributed by atoms with Crippen LogP contribution in [0.15, 0.2) is 54.7 Å². The van der Waals surface area contributed by atoms with E-state index in [4.69, 9.17) is 4.74 Å². The van der Waals surface area contributed by atoms with Crippen molar-refractivity contribution in [2.45, 2.75) is 13.8 Å². The summed E-state index contributed by atoms with van der Waals surface area (Å²) in [6.45, 7) is 4.78. The molecule has 0 fully saturated rings. The fourth-order valence-electron chi connectivity index (χ4n) is 2.69. The number of nitrogens with zero attached hydrogens (tertiary/aromatic N) is 4. The number of methoxy groups -OCH3 is 1. The minimum Gasteiger partial charge on any atom is -0.465 e. The van der Waals surface area contributed by atoms with Crippen LogP contribution < -0.4 is 10.2 Å². The van der Waals surface area contributed by atoms with E-state index in [9.17, 15) is 4.79 Å². The third kappa shape index (κ3) is 4.38. The van der Waals surface area contributed by atoms with Crippen molar-refractivity contribution in [1.82, 2.24) is 15.2 Å². The first-order valence-electron chi connectivity index (χ1n) is 8.60. The smallest absolute Gasteiger partial charge is 0.337 e. The van der Waals surface area contributed by atoms with Gasteiger partial charge >= 0.3 is 5.97 Å². The van der Waals surface area contributed by atoms with Gasteiger partial charge in [0.15, 0.2) is 5.82 Å². The first-order chi connectivity index (χ1) is 13.1. The zero-order valence-corrected chi connectivity index (χ0v) is 15.5. The van der Waals surface area contributed by atoms with Gasteiger partial charge in [-0.05, 0) is 49.7 Å². The summed E-state index contributed by atoms with van der Waals surface area (Å²) in [5.74, 6) is 0.641.